The van der Waals surface area contributed by atoms with E-state index in [4.69, 9.17) is 0 Å². The van der Waals surface area contributed by atoms with E-state index in [0.29, 0.717) is 25.3 Å². The summed E-state index contributed by atoms with van der Waals surface area (Å²) in [5.41, 5.74) is 0.133. The van der Waals surface area contributed by atoms with Gasteiger partial charge in [-0.25, -0.2) is 0 Å². The first-order valence-electron chi connectivity index (χ1n) is 7.02. The van der Waals surface area contributed by atoms with Crippen LogP contribution in [0.2, 0.25) is 0 Å². The minimum atomic E-state index is -0.744. The number of aromatic nitrogens is 4. The summed E-state index contributed by atoms with van der Waals surface area (Å²) in [6, 6.07) is 9.50. The van der Waals surface area contributed by atoms with E-state index >= 15 is 0 Å². The van der Waals surface area contributed by atoms with Gasteiger partial charge in [0, 0.05) is 6.54 Å². The highest BCUT2D eigenvalue weighted by Crippen LogP contribution is 2.38. The van der Waals surface area contributed by atoms with Crippen LogP contribution in [-0.4, -0.2) is 37.8 Å². The Hall–Kier alpha value is -2.44. The fraction of sp³-hybridized carbons (Fsp3) is 0.429. The Morgan fingerprint density at radius 1 is 1.29 bits per heavy atom. The first-order chi connectivity index (χ1) is 10.2. The zero-order chi connectivity index (χ0) is 14.7. The maximum absolute atomic E-state index is 11.5. The molecule has 1 aliphatic carbocycles. The molecule has 0 amide bonds. The monoisotopic (exact) mass is 287 g/mol. The van der Waals surface area contributed by atoms with Crippen molar-refractivity contribution in [3.8, 4) is 5.69 Å². The normalized spacial score (nSPS) is 16.8. The number of carboxylic acids is 1. The maximum atomic E-state index is 11.5. The average molecular weight is 287 g/mol. The number of nitrogens with zero attached hydrogens (tertiary/aromatic N) is 4. The lowest BCUT2D eigenvalue weighted by Gasteiger charge is -2.23. The summed E-state index contributed by atoms with van der Waals surface area (Å²) in [5, 5.41) is 24.1. The molecule has 1 aromatic heterocycles. The van der Waals surface area contributed by atoms with Crippen molar-refractivity contribution in [3.63, 3.8) is 0 Å². The SMILES string of the molecule is O=C(O)C1(CNc2nnnn2-c2ccccc2)CCCC1. The van der Waals surface area contributed by atoms with Crippen molar-refractivity contribution in [2.24, 2.45) is 5.41 Å². The third-order valence-corrected chi connectivity index (χ3v) is 4.07. The molecule has 0 radical (unpaired) electrons. The number of carbonyl (C=O) groups is 1. The van der Waals surface area contributed by atoms with E-state index in [-0.39, 0.29) is 0 Å². The van der Waals surface area contributed by atoms with Gasteiger partial charge in [-0.05, 0) is 35.4 Å². The van der Waals surface area contributed by atoms with Crippen LogP contribution in [0.3, 0.4) is 0 Å². The van der Waals surface area contributed by atoms with Gasteiger partial charge in [-0.1, -0.05) is 36.1 Å². The summed E-state index contributed by atoms with van der Waals surface area (Å²) in [4.78, 5) is 11.5. The van der Waals surface area contributed by atoms with Crippen LogP contribution in [0.1, 0.15) is 25.7 Å². The van der Waals surface area contributed by atoms with Crippen molar-refractivity contribution in [3.05, 3.63) is 30.3 Å². The molecule has 2 N–H and O–H groups in total. The molecule has 1 saturated carbocycles. The molecule has 7 nitrogen and oxygen atoms in total. The number of hydrogen-bond donors (Lipinski definition) is 2. The number of tetrazole rings is 1. The van der Waals surface area contributed by atoms with Gasteiger partial charge in [-0.15, -0.1) is 0 Å². The van der Waals surface area contributed by atoms with E-state index in [0.717, 1.165) is 18.5 Å². The Labute approximate surface area is 122 Å². The summed E-state index contributed by atoms with van der Waals surface area (Å²) in [6.45, 7) is 0.343. The van der Waals surface area contributed by atoms with Crippen molar-refractivity contribution in [2.75, 3.05) is 11.9 Å². The summed E-state index contributed by atoms with van der Waals surface area (Å²) in [7, 11) is 0. The second-order valence-corrected chi connectivity index (χ2v) is 5.40. The number of nitrogens with one attached hydrogen (secondary N) is 1. The average Bonchev–Trinajstić information content (AvgIpc) is 3.16. The van der Waals surface area contributed by atoms with Crippen LogP contribution in [-0.2, 0) is 4.79 Å². The molecule has 0 spiro atoms. The van der Waals surface area contributed by atoms with Crippen LogP contribution in [0.4, 0.5) is 5.95 Å². The van der Waals surface area contributed by atoms with Gasteiger partial charge < -0.3 is 10.4 Å². The fourth-order valence-electron chi connectivity index (χ4n) is 2.81. The lowest BCUT2D eigenvalue weighted by molar-refractivity contribution is -0.147. The molecular weight excluding hydrogens is 270 g/mol. The van der Waals surface area contributed by atoms with Gasteiger partial charge in [0.05, 0.1) is 11.1 Å². The molecule has 0 saturated heterocycles. The molecule has 7 heteroatoms. The van der Waals surface area contributed by atoms with Crippen LogP contribution in [0.15, 0.2) is 30.3 Å². The number of para-hydroxylation sites is 1. The van der Waals surface area contributed by atoms with E-state index in [9.17, 15) is 9.90 Å². The van der Waals surface area contributed by atoms with Gasteiger partial charge in [-0.2, -0.15) is 4.68 Å². The topological polar surface area (TPSA) is 92.9 Å². The van der Waals surface area contributed by atoms with Gasteiger partial charge in [0.25, 0.3) is 0 Å². The van der Waals surface area contributed by atoms with Crippen LogP contribution >= 0.6 is 0 Å². The highest BCUT2D eigenvalue weighted by Gasteiger charge is 2.41. The molecule has 1 heterocycles. The standard InChI is InChI=1S/C14H17N5O2/c20-12(21)14(8-4-5-9-14)10-15-13-16-17-18-19(13)11-6-2-1-3-7-11/h1-3,6-7H,4-5,8-10H2,(H,20,21)(H,15,16,18). The highest BCUT2D eigenvalue weighted by molar-refractivity contribution is 5.75. The third-order valence-electron chi connectivity index (χ3n) is 4.07. The lowest BCUT2D eigenvalue weighted by Crippen LogP contribution is -2.35. The molecule has 0 atom stereocenters. The fourth-order valence-corrected chi connectivity index (χ4v) is 2.81. The quantitative estimate of drug-likeness (QED) is 0.869. The van der Waals surface area contributed by atoms with Crippen LogP contribution in [0, 0.1) is 5.41 Å². The molecule has 1 fully saturated rings. The Morgan fingerprint density at radius 2 is 2.00 bits per heavy atom. The molecule has 1 aromatic carbocycles. The number of aliphatic carboxylic acids is 1. The van der Waals surface area contributed by atoms with Gasteiger partial charge >= 0.3 is 5.97 Å². The molecular formula is C14H17N5O2. The Kier molecular flexibility index (Phi) is 3.55. The molecule has 2 aromatic rings. The summed E-state index contributed by atoms with van der Waals surface area (Å²) in [6.07, 6.45) is 3.31. The smallest absolute Gasteiger partial charge is 0.311 e. The van der Waals surface area contributed by atoms with Crippen LogP contribution in [0.25, 0.3) is 5.69 Å². The molecule has 21 heavy (non-hydrogen) atoms. The van der Waals surface area contributed by atoms with E-state index < -0.39 is 11.4 Å². The summed E-state index contributed by atoms with van der Waals surface area (Å²) in [5.74, 6) is -0.278. The number of hydrogen-bond acceptors (Lipinski definition) is 5. The van der Waals surface area contributed by atoms with E-state index in [1.807, 2.05) is 30.3 Å². The largest absolute Gasteiger partial charge is 0.481 e. The van der Waals surface area contributed by atoms with Crippen LogP contribution in [0.5, 0.6) is 0 Å². The van der Waals surface area contributed by atoms with E-state index in [2.05, 4.69) is 20.8 Å². The van der Waals surface area contributed by atoms with Gasteiger partial charge in [0.1, 0.15) is 0 Å². The van der Waals surface area contributed by atoms with Gasteiger partial charge in [0.2, 0.25) is 5.95 Å². The predicted molar refractivity (Wildman–Crippen MR) is 76.2 cm³/mol. The molecule has 0 bridgehead atoms. The summed E-state index contributed by atoms with van der Waals surface area (Å²) < 4.78 is 1.57. The first-order valence-corrected chi connectivity index (χ1v) is 7.02. The maximum Gasteiger partial charge on any atom is 0.311 e. The van der Waals surface area contributed by atoms with Crippen molar-refractivity contribution in [2.45, 2.75) is 25.7 Å². The van der Waals surface area contributed by atoms with Crippen LogP contribution < -0.4 is 5.32 Å². The van der Waals surface area contributed by atoms with Crippen molar-refractivity contribution < 1.29 is 9.90 Å². The highest BCUT2D eigenvalue weighted by atomic mass is 16.4. The van der Waals surface area contributed by atoms with E-state index in [1.165, 1.54) is 0 Å². The number of benzene rings is 1. The number of carboxylic acid groups (broad SMARTS) is 1. The zero-order valence-corrected chi connectivity index (χ0v) is 11.6. The number of rotatable bonds is 5. The summed E-state index contributed by atoms with van der Waals surface area (Å²) >= 11 is 0. The molecule has 1 aliphatic rings. The van der Waals surface area contributed by atoms with E-state index in [1.54, 1.807) is 4.68 Å². The number of anilines is 1. The second kappa shape index (κ2) is 5.51. The minimum absolute atomic E-state index is 0.343. The molecule has 3 rings (SSSR count). The Morgan fingerprint density at radius 3 is 2.67 bits per heavy atom. The molecule has 0 aliphatic heterocycles. The molecule has 0 unspecified atom stereocenters. The Bertz CT molecular complexity index is 619. The third kappa shape index (κ3) is 2.58. The van der Waals surface area contributed by atoms with Gasteiger partial charge in [0.15, 0.2) is 0 Å². The Balaban J connectivity index is 1.78. The first kappa shape index (κ1) is 13.5. The molecule has 110 valence electrons. The zero-order valence-electron chi connectivity index (χ0n) is 11.6. The van der Waals surface area contributed by atoms with Crippen molar-refractivity contribution in [1.82, 2.24) is 20.2 Å². The minimum Gasteiger partial charge on any atom is -0.481 e. The predicted octanol–water partition coefficient (Wildman–Crippen LogP) is 1.72. The lowest BCUT2D eigenvalue weighted by atomic mass is 9.86. The van der Waals surface area contributed by atoms with Gasteiger partial charge in [-0.3, -0.25) is 4.79 Å². The second-order valence-electron chi connectivity index (χ2n) is 5.40. The van der Waals surface area contributed by atoms with Crippen molar-refractivity contribution >= 4 is 11.9 Å². The van der Waals surface area contributed by atoms with Crippen molar-refractivity contribution in [1.29, 1.82) is 0 Å².